The van der Waals surface area contributed by atoms with Gasteiger partial charge in [0, 0.05) is 23.0 Å². The third-order valence-corrected chi connectivity index (χ3v) is 5.25. The van der Waals surface area contributed by atoms with E-state index >= 15 is 0 Å². The molecule has 1 fully saturated rings. The van der Waals surface area contributed by atoms with E-state index in [1.54, 1.807) is 6.07 Å². The molecule has 1 aliphatic rings. The Bertz CT molecular complexity index is 1170. The highest BCUT2D eigenvalue weighted by Crippen LogP contribution is 2.32. The molecule has 2 aromatic carbocycles. The van der Waals surface area contributed by atoms with Crippen LogP contribution in [0, 0.1) is 0 Å². The standard InChI is InChI=1S/C20H18ClN5O/c21-11-5-6-13-16(9-11)26-20(27)17(18(13)23-12-7-8-22-10-12)19-24-14-3-1-2-4-15(14)25-19/h1-6,9,12,22H,7-8,10H2,(H,24,25)(H2,23,26,27). The number of imidazole rings is 1. The molecule has 4 N–H and O–H groups in total. The normalized spacial score (nSPS) is 17.0. The summed E-state index contributed by atoms with van der Waals surface area (Å²) < 4.78 is 0. The van der Waals surface area contributed by atoms with Crippen LogP contribution in [0.5, 0.6) is 0 Å². The zero-order valence-corrected chi connectivity index (χ0v) is 15.2. The summed E-state index contributed by atoms with van der Waals surface area (Å²) in [6, 6.07) is 13.6. The van der Waals surface area contributed by atoms with Crippen LogP contribution in [0.4, 0.5) is 5.69 Å². The molecule has 6 nitrogen and oxygen atoms in total. The number of nitrogens with zero attached hydrogens (tertiary/aromatic N) is 1. The number of para-hydroxylation sites is 2. The summed E-state index contributed by atoms with van der Waals surface area (Å²) in [7, 11) is 0. The van der Waals surface area contributed by atoms with Crippen molar-refractivity contribution in [1.29, 1.82) is 0 Å². The quantitative estimate of drug-likeness (QED) is 0.439. The molecule has 0 amide bonds. The zero-order valence-electron chi connectivity index (χ0n) is 14.5. The number of aromatic nitrogens is 3. The molecule has 5 rings (SSSR count). The molecule has 4 aromatic rings. The predicted octanol–water partition coefficient (Wildman–Crippen LogP) is 3.50. The van der Waals surface area contributed by atoms with Crippen molar-refractivity contribution >= 4 is 39.2 Å². The van der Waals surface area contributed by atoms with Crippen LogP contribution in [0.25, 0.3) is 33.3 Å². The minimum atomic E-state index is -0.197. The van der Waals surface area contributed by atoms with Crippen LogP contribution in [0.15, 0.2) is 47.3 Å². The maximum atomic E-state index is 13.0. The van der Waals surface area contributed by atoms with E-state index in [0.717, 1.165) is 41.6 Å². The summed E-state index contributed by atoms with van der Waals surface area (Å²) >= 11 is 6.13. The van der Waals surface area contributed by atoms with Crippen LogP contribution in [-0.2, 0) is 0 Å². The van der Waals surface area contributed by atoms with Crippen molar-refractivity contribution in [3.63, 3.8) is 0 Å². The minimum Gasteiger partial charge on any atom is -0.380 e. The lowest BCUT2D eigenvalue weighted by Crippen LogP contribution is -2.24. The summed E-state index contributed by atoms with van der Waals surface area (Å²) in [5.74, 6) is 0.558. The first-order chi connectivity index (χ1) is 13.2. The highest BCUT2D eigenvalue weighted by atomic mass is 35.5. The third kappa shape index (κ3) is 2.87. The number of halogens is 1. The molecule has 0 aliphatic carbocycles. The smallest absolute Gasteiger partial charge is 0.261 e. The molecular formula is C20H18ClN5O. The average Bonchev–Trinajstić information content (AvgIpc) is 3.30. The van der Waals surface area contributed by atoms with Crippen molar-refractivity contribution in [3.8, 4) is 11.4 Å². The van der Waals surface area contributed by atoms with Crippen LogP contribution in [-0.4, -0.2) is 34.1 Å². The Morgan fingerprint density at radius 1 is 1.11 bits per heavy atom. The van der Waals surface area contributed by atoms with Gasteiger partial charge in [-0.3, -0.25) is 4.79 Å². The lowest BCUT2D eigenvalue weighted by atomic mass is 10.1. The van der Waals surface area contributed by atoms with Gasteiger partial charge in [0.1, 0.15) is 11.4 Å². The van der Waals surface area contributed by atoms with E-state index in [0.29, 0.717) is 21.9 Å². The second kappa shape index (κ2) is 6.40. The first-order valence-electron chi connectivity index (χ1n) is 8.97. The van der Waals surface area contributed by atoms with Gasteiger partial charge in [-0.05, 0) is 43.3 Å². The number of aromatic amines is 2. The summed E-state index contributed by atoms with van der Waals surface area (Å²) in [6.07, 6.45) is 1.00. The Morgan fingerprint density at radius 2 is 2.00 bits per heavy atom. The maximum Gasteiger partial charge on any atom is 0.261 e. The molecule has 1 unspecified atom stereocenters. The van der Waals surface area contributed by atoms with Gasteiger partial charge >= 0.3 is 0 Å². The summed E-state index contributed by atoms with van der Waals surface area (Å²) in [5, 5.41) is 8.43. The number of nitrogens with one attached hydrogen (secondary N) is 4. The fourth-order valence-corrected chi connectivity index (χ4v) is 3.87. The number of hydrogen-bond acceptors (Lipinski definition) is 4. The summed E-state index contributed by atoms with van der Waals surface area (Å²) in [5.41, 5.74) is 3.55. The fraction of sp³-hybridized carbons (Fsp3) is 0.200. The Labute approximate surface area is 160 Å². The van der Waals surface area contributed by atoms with E-state index in [1.165, 1.54) is 0 Å². The third-order valence-electron chi connectivity index (χ3n) is 5.01. The van der Waals surface area contributed by atoms with E-state index in [-0.39, 0.29) is 11.6 Å². The first kappa shape index (κ1) is 16.4. The minimum absolute atomic E-state index is 0.197. The highest BCUT2D eigenvalue weighted by molar-refractivity contribution is 6.31. The molecule has 1 saturated heterocycles. The topological polar surface area (TPSA) is 85.6 Å². The highest BCUT2D eigenvalue weighted by Gasteiger charge is 2.22. The van der Waals surface area contributed by atoms with E-state index in [2.05, 4.69) is 25.6 Å². The van der Waals surface area contributed by atoms with Crippen LogP contribution in [0.1, 0.15) is 6.42 Å². The van der Waals surface area contributed by atoms with E-state index in [4.69, 9.17) is 11.6 Å². The molecular weight excluding hydrogens is 362 g/mol. The Hall–Kier alpha value is -2.83. The number of hydrogen-bond donors (Lipinski definition) is 4. The van der Waals surface area contributed by atoms with Crippen LogP contribution in [0.2, 0.25) is 5.02 Å². The van der Waals surface area contributed by atoms with Crippen molar-refractivity contribution in [2.75, 3.05) is 18.4 Å². The summed E-state index contributed by atoms with van der Waals surface area (Å²) in [6.45, 7) is 1.83. The molecule has 3 heterocycles. The van der Waals surface area contributed by atoms with Gasteiger partial charge in [0.15, 0.2) is 0 Å². The van der Waals surface area contributed by atoms with Crippen LogP contribution < -0.4 is 16.2 Å². The Morgan fingerprint density at radius 3 is 2.81 bits per heavy atom. The molecule has 27 heavy (non-hydrogen) atoms. The van der Waals surface area contributed by atoms with E-state index in [9.17, 15) is 4.79 Å². The number of pyridine rings is 1. The van der Waals surface area contributed by atoms with Gasteiger partial charge in [-0.1, -0.05) is 23.7 Å². The molecule has 0 spiro atoms. The van der Waals surface area contributed by atoms with Gasteiger partial charge in [0.25, 0.3) is 5.56 Å². The average molecular weight is 380 g/mol. The van der Waals surface area contributed by atoms with Crippen molar-refractivity contribution in [2.45, 2.75) is 12.5 Å². The second-order valence-electron chi connectivity index (χ2n) is 6.83. The molecule has 2 aromatic heterocycles. The first-order valence-corrected chi connectivity index (χ1v) is 9.35. The van der Waals surface area contributed by atoms with E-state index in [1.807, 2.05) is 36.4 Å². The fourth-order valence-electron chi connectivity index (χ4n) is 3.70. The second-order valence-corrected chi connectivity index (χ2v) is 7.27. The molecule has 0 saturated carbocycles. The lowest BCUT2D eigenvalue weighted by Gasteiger charge is -2.18. The maximum absolute atomic E-state index is 13.0. The predicted molar refractivity (Wildman–Crippen MR) is 110 cm³/mol. The van der Waals surface area contributed by atoms with Gasteiger partial charge in [-0.2, -0.15) is 0 Å². The van der Waals surface area contributed by atoms with Crippen molar-refractivity contribution in [1.82, 2.24) is 20.3 Å². The molecule has 0 bridgehead atoms. The largest absolute Gasteiger partial charge is 0.380 e. The number of fused-ring (bicyclic) bond motifs is 2. The zero-order chi connectivity index (χ0) is 18.4. The SMILES string of the molecule is O=c1[nH]c2cc(Cl)ccc2c(NC2CCNC2)c1-c1nc2ccccc2[nH]1. The van der Waals surface area contributed by atoms with Crippen molar-refractivity contribution < 1.29 is 0 Å². The van der Waals surface area contributed by atoms with Gasteiger partial charge in [0.05, 0.1) is 22.2 Å². The Kier molecular flexibility index (Phi) is 3.88. The Balaban J connectivity index is 1.77. The monoisotopic (exact) mass is 379 g/mol. The molecule has 1 atom stereocenters. The molecule has 0 radical (unpaired) electrons. The van der Waals surface area contributed by atoms with Crippen molar-refractivity contribution in [3.05, 3.63) is 57.8 Å². The van der Waals surface area contributed by atoms with Crippen LogP contribution >= 0.6 is 11.6 Å². The number of benzene rings is 2. The van der Waals surface area contributed by atoms with Gasteiger partial charge in [-0.25, -0.2) is 4.98 Å². The lowest BCUT2D eigenvalue weighted by molar-refractivity contribution is 0.794. The summed E-state index contributed by atoms with van der Waals surface area (Å²) in [4.78, 5) is 23.9. The van der Waals surface area contributed by atoms with Gasteiger partial charge in [0.2, 0.25) is 0 Å². The molecule has 136 valence electrons. The number of H-pyrrole nitrogens is 2. The van der Waals surface area contributed by atoms with Crippen LogP contribution in [0.3, 0.4) is 0 Å². The number of anilines is 1. The van der Waals surface area contributed by atoms with Crippen molar-refractivity contribution in [2.24, 2.45) is 0 Å². The molecule has 1 aliphatic heterocycles. The number of rotatable bonds is 3. The molecule has 7 heteroatoms. The van der Waals surface area contributed by atoms with Gasteiger partial charge < -0.3 is 20.6 Å². The van der Waals surface area contributed by atoms with Gasteiger partial charge in [-0.15, -0.1) is 0 Å². The van der Waals surface area contributed by atoms with E-state index < -0.39 is 0 Å².